The van der Waals surface area contributed by atoms with E-state index in [1.54, 1.807) is 24.3 Å². The smallest absolute Gasteiger partial charge is 0.337 e. The number of carbonyl (C=O) groups is 3. The molecule has 0 aliphatic rings. The fourth-order valence-electron chi connectivity index (χ4n) is 2.36. The number of nitrogens with two attached hydrogens (primary N) is 1. The zero-order chi connectivity index (χ0) is 19.3. The summed E-state index contributed by atoms with van der Waals surface area (Å²) >= 11 is 6.11. The standard InChI is InChI=1S/C18H18ClN3O4/c1-10(23)13-6-11(8-20)14(19)7-16(13)21-9-17(24)22-15-5-3-2-4-12(15)18(25)26/h2-7,21H,8-9,20H2,1H3,(H,22,24)(H,25,26). The van der Waals surface area contributed by atoms with Crippen LogP contribution in [0.4, 0.5) is 11.4 Å². The summed E-state index contributed by atoms with van der Waals surface area (Å²) < 4.78 is 0. The Bertz CT molecular complexity index is 868. The highest BCUT2D eigenvalue weighted by Crippen LogP contribution is 2.26. The van der Waals surface area contributed by atoms with Crippen molar-refractivity contribution in [2.75, 3.05) is 17.2 Å². The molecule has 0 spiro atoms. The molecule has 0 radical (unpaired) electrons. The molecule has 0 aliphatic heterocycles. The molecule has 0 heterocycles. The van der Waals surface area contributed by atoms with Crippen LogP contribution in [0.2, 0.25) is 5.02 Å². The second-order valence-corrected chi connectivity index (χ2v) is 5.91. The minimum absolute atomic E-state index is 0.0133. The minimum atomic E-state index is -1.14. The Kier molecular flexibility index (Phi) is 6.32. The highest BCUT2D eigenvalue weighted by molar-refractivity contribution is 6.32. The van der Waals surface area contributed by atoms with E-state index in [1.807, 2.05) is 0 Å². The first-order chi connectivity index (χ1) is 12.3. The van der Waals surface area contributed by atoms with Crippen molar-refractivity contribution in [1.82, 2.24) is 0 Å². The molecule has 7 nitrogen and oxygen atoms in total. The maximum absolute atomic E-state index is 12.1. The number of aromatic carboxylic acids is 1. The first-order valence-corrected chi connectivity index (χ1v) is 8.10. The molecule has 8 heteroatoms. The van der Waals surface area contributed by atoms with Crippen molar-refractivity contribution in [2.24, 2.45) is 5.73 Å². The molecular weight excluding hydrogens is 358 g/mol. The van der Waals surface area contributed by atoms with E-state index in [4.69, 9.17) is 22.4 Å². The van der Waals surface area contributed by atoms with Crippen LogP contribution in [0.1, 0.15) is 33.2 Å². The molecule has 2 aromatic carbocycles. The number of carbonyl (C=O) groups excluding carboxylic acids is 2. The van der Waals surface area contributed by atoms with Crippen LogP contribution in [0.25, 0.3) is 0 Å². The summed E-state index contributed by atoms with van der Waals surface area (Å²) in [6.45, 7) is 1.41. The number of hydrogen-bond acceptors (Lipinski definition) is 5. The highest BCUT2D eigenvalue weighted by Gasteiger charge is 2.14. The molecule has 2 rings (SSSR count). The zero-order valence-corrected chi connectivity index (χ0v) is 14.8. The molecule has 5 N–H and O–H groups in total. The Balaban J connectivity index is 2.14. The number of ketones is 1. The summed E-state index contributed by atoms with van der Waals surface area (Å²) in [5.41, 5.74) is 7.17. The quantitative estimate of drug-likeness (QED) is 0.552. The molecule has 0 aliphatic carbocycles. The first kappa shape index (κ1) is 19.4. The Morgan fingerprint density at radius 3 is 2.42 bits per heavy atom. The van der Waals surface area contributed by atoms with Crippen molar-refractivity contribution in [3.8, 4) is 0 Å². The fraction of sp³-hybridized carbons (Fsp3) is 0.167. The Morgan fingerprint density at radius 2 is 1.81 bits per heavy atom. The SMILES string of the molecule is CC(=O)c1cc(CN)c(Cl)cc1NCC(=O)Nc1ccccc1C(=O)O. The number of nitrogens with one attached hydrogen (secondary N) is 2. The van der Waals surface area contributed by atoms with Crippen LogP contribution >= 0.6 is 11.6 Å². The lowest BCUT2D eigenvalue weighted by Crippen LogP contribution is -2.23. The predicted octanol–water partition coefficient (Wildman–Crippen LogP) is 2.75. The van der Waals surface area contributed by atoms with Crippen LogP contribution in [0.5, 0.6) is 0 Å². The largest absolute Gasteiger partial charge is 0.478 e. The van der Waals surface area contributed by atoms with Gasteiger partial charge in [0.05, 0.1) is 17.8 Å². The van der Waals surface area contributed by atoms with Gasteiger partial charge in [0.25, 0.3) is 0 Å². The molecule has 0 saturated heterocycles. The van der Waals surface area contributed by atoms with Crippen LogP contribution in [0.15, 0.2) is 36.4 Å². The van der Waals surface area contributed by atoms with E-state index >= 15 is 0 Å². The number of Topliss-reactive ketones (excluding diaryl/α,β-unsaturated/α-hetero) is 1. The third-order valence-corrected chi connectivity index (χ3v) is 4.01. The summed E-state index contributed by atoms with van der Waals surface area (Å²) in [4.78, 5) is 35.1. The summed E-state index contributed by atoms with van der Waals surface area (Å²) in [6.07, 6.45) is 0. The molecule has 0 atom stereocenters. The monoisotopic (exact) mass is 375 g/mol. The Labute approximate surface area is 155 Å². The summed E-state index contributed by atoms with van der Waals surface area (Å²) in [7, 11) is 0. The van der Waals surface area contributed by atoms with E-state index < -0.39 is 11.9 Å². The van der Waals surface area contributed by atoms with Crippen LogP contribution in [0.3, 0.4) is 0 Å². The van der Waals surface area contributed by atoms with Crippen molar-refractivity contribution in [2.45, 2.75) is 13.5 Å². The number of para-hydroxylation sites is 1. The van der Waals surface area contributed by atoms with Gasteiger partial charge in [0.1, 0.15) is 0 Å². The minimum Gasteiger partial charge on any atom is -0.478 e. The lowest BCUT2D eigenvalue weighted by atomic mass is 10.1. The topological polar surface area (TPSA) is 122 Å². The van der Waals surface area contributed by atoms with E-state index in [1.165, 1.54) is 19.1 Å². The molecule has 0 saturated carbocycles. The molecule has 136 valence electrons. The number of amides is 1. The average Bonchev–Trinajstić information content (AvgIpc) is 2.60. The zero-order valence-electron chi connectivity index (χ0n) is 14.0. The van der Waals surface area contributed by atoms with Crippen molar-refractivity contribution in [1.29, 1.82) is 0 Å². The molecule has 0 bridgehead atoms. The van der Waals surface area contributed by atoms with Gasteiger partial charge >= 0.3 is 5.97 Å². The number of benzene rings is 2. The third kappa shape index (κ3) is 4.59. The highest BCUT2D eigenvalue weighted by atomic mass is 35.5. The van der Waals surface area contributed by atoms with Crippen LogP contribution in [0, 0.1) is 0 Å². The van der Waals surface area contributed by atoms with Crippen molar-refractivity contribution >= 4 is 40.6 Å². The van der Waals surface area contributed by atoms with Gasteiger partial charge in [-0.25, -0.2) is 4.79 Å². The second kappa shape index (κ2) is 8.46. The van der Waals surface area contributed by atoms with Gasteiger partial charge in [-0.2, -0.15) is 0 Å². The van der Waals surface area contributed by atoms with Gasteiger partial charge in [-0.3, -0.25) is 9.59 Å². The number of hydrogen-bond donors (Lipinski definition) is 4. The van der Waals surface area contributed by atoms with E-state index in [0.717, 1.165) is 0 Å². The van der Waals surface area contributed by atoms with Gasteiger partial charge < -0.3 is 21.5 Å². The van der Waals surface area contributed by atoms with Gasteiger partial charge in [-0.15, -0.1) is 0 Å². The number of rotatable bonds is 7. The van der Waals surface area contributed by atoms with Gasteiger partial charge in [0.2, 0.25) is 5.91 Å². The van der Waals surface area contributed by atoms with Crippen molar-refractivity contribution < 1.29 is 19.5 Å². The maximum Gasteiger partial charge on any atom is 0.337 e. The fourth-order valence-corrected chi connectivity index (χ4v) is 2.60. The number of carboxylic acids is 1. The molecule has 0 aromatic heterocycles. The maximum atomic E-state index is 12.1. The summed E-state index contributed by atoms with van der Waals surface area (Å²) in [5, 5.41) is 14.9. The second-order valence-electron chi connectivity index (χ2n) is 5.50. The normalized spacial score (nSPS) is 10.3. The molecular formula is C18H18ClN3O4. The molecule has 2 aromatic rings. The van der Waals surface area contributed by atoms with E-state index in [-0.39, 0.29) is 30.1 Å². The van der Waals surface area contributed by atoms with Gasteiger partial charge in [0.15, 0.2) is 5.78 Å². The Hall–Kier alpha value is -2.90. The predicted molar refractivity (Wildman–Crippen MR) is 99.9 cm³/mol. The number of carboxylic acid groups (broad SMARTS) is 1. The lowest BCUT2D eigenvalue weighted by molar-refractivity contribution is -0.114. The number of anilines is 2. The first-order valence-electron chi connectivity index (χ1n) is 7.73. The van der Waals surface area contributed by atoms with E-state index in [2.05, 4.69) is 10.6 Å². The van der Waals surface area contributed by atoms with Crippen LogP contribution in [-0.2, 0) is 11.3 Å². The molecule has 0 fully saturated rings. The average molecular weight is 376 g/mol. The van der Waals surface area contributed by atoms with E-state index in [0.29, 0.717) is 21.8 Å². The van der Waals surface area contributed by atoms with Crippen LogP contribution < -0.4 is 16.4 Å². The van der Waals surface area contributed by atoms with Gasteiger partial charge in [0, 0.05) is 22.8 Å². The van der Waals surface area contributed by atoms with Crippen molar-refractivity contribution in [3.05, 3.63) is 58.1 Å². The van der Waals surface area contributed by atoms with Gasteiger partial charge in [-0.1, -0.05) is 23.7 Å². The summed E-state index contributed by atoms with van der Waals surface area (Å²) in [5.74, 6) is -1.81. The lowest BCUT2D eigenvalue weighted by Gasteiger charge is -2.14. The van der Waals surface area contributed by atoms with E-state index in [9.17, 15) is 14.4 Å². The number of halogens is 1. The third-order valence-electron chi connectivity index (χ3n) is 3.66. The molecule has 1 amide bonds. The Morgan fingerprint density at radius 1 is 1.12 bits per heavy atom. The molecule has 26 heavy (non-hydrogen) atoms. The van der Waals surface area contributed by atoms with Gasteiger partial charge in [-0.05, 0) is 36.8 Å². The summed E-state index contributed by atoms with van der Waals surface area (Å²) in [6, 6.07) is 9.20. The van der Waals surface area contributed by atoms with Crippen LogP contribution in [-0.4, -0.2) is 29.3 Å². The molecule has 0 unspecified atom stereocenters. The van der Waals surface area contributed by atoms with Crippen molar-refractivity contribution in [3.63, 3.8) is 0 Å².